The van der Waals surface area contributed by atoms with Gasteiger partial charge in [-0.15, -0.1) is 0 Å². The number of nitrogens with zero attached hydrogens (tertiary/aromatic N) is 2. The molecule has 0 amide bonds. The summed E-state index contributed by atoms with van der Waals surface area (Å²) in [6, 6.07) is 3.52. The van der Waals surface area contributed by atoms with Crippen LogP contribution in [0.15, 0.2) is 23.1 Å². The number of rotatable bonds is 0. The van der Waals surface area contributed by atoms with Crippen LogP contribution in [-0.4, -0.2) is 9.38 Å². The maximum absolute atomic E-state index is 12.0. The van der Waals surface area contributed by atoms with Crippen molar-refractivity contribution in [3.05, 3.63) is 45.0 Å². The van der Waals surface area contributed by atoms with Gasteiger partial charge in [-0.25, -0.2) is 4.98 Å². The number of halogens is 1. The first-order valence-electron chi connectivity index (χ1n) is 4.96. The van der Waals surface area contributed by atoms with Gasteiger partial charge in [0.25, 0.3) is 5.56 Å². The summed E-state index contributed by atoms with van der Waals surface area (Å²) in [4.78, 5) is 16.5. The molecule has 0 N–H and O–H groups in total. The average molecular weight is 221 g/mol. The van der Waals surface area contributed by atoms with E-state index < -0.39 is 0 Å². The minimum atomic E-state index is 0.0370. The lowest BCUT2D eigenvalue weighted by Gasteiger charge is -2.04. The molecule has 0 radical (unpaired) electrons. The minimum absolute atomic E-state index is 0.0370. The smallest absolute Gasteiger partial charge is 0.261 e. The molecule has 3 rings (SSSR count). The molecule has 0 spiro atoms. The molecular formula is C11H9ClN2O. The lowest BCUT2D eigenvalue weighted by Crippen LogP contribution is -2.19. The number of fused-ring (bicyclic) bond motifs is 2. The number of pyridine rings is 1. The summed E-state index contributed by atoms with van der Waals surface area (Å²) in [5, 5.41) is 0.532. The van der Waals surface area contributed by atoms with Crippen LogP contribution in [0.4, 0.5) is 0 Å². The summed E-state index contributed by atoms with van der Waals surface area (Å²) in [6.07, 6.45) is 4.48. The molecular weight excluding hydrogens is 212 g/mol. The molecule has 15 heavy (non-hydrogen) atoms. The van der Waals surface area contributed by atoms with Crippen molar-refractivity contribution < 1.29 is 0 Å². The van der Waals surface area contributed by atoms with Crippen LogP contribution in [0.3, 0.4) is 0 Å². The third kappa shape index (κ3) is 1.20. The van der Waals surface area contributed by atoms with Crippen LogP contribution in [0, 0.1) is 0 Å². The van der Waals surface area contributed by atoms with E-state index in [1.54, 1.807) is 18.3 Å². The fraction of sp³-hybridized carbons (Fsp3) is 0.273. The van der Waals surface area contributed by atoms with Crippen LogP contribution >= 0.6 is 11.6 Å². The van der Waals surface area contributed by atoms with Crippen molar-refractivity contribution in [2.75, 3.05) is 0 Å². The average Bonchev–Trinajstić information content (AvgIpc) is 2.68. The predicted octanol–water partition coefficient (Wildman–Crippen LogP) is 1.84. The molecule has 1 aliphatic carbocycles. The highest BCUT2D eigenvalue weighted by Crippen LogP contribution is 2.20. The van der Waals surface area contributed by atoms with Gasteiger partial charge in [0.15, 0.2) is 5.65 Å². The second kappa shape index (κ2) is 3.07. The Bertz CT molecular complexity index is 603. The largest absolute Gasteiger partial charge is 0.269 e. The molecule has 0 aliphatic heterocycles. The van der Waals surface area contributed by atoms with Crippen LogP contribution < -0.4 is 5.56 Å². The Morgan fingerprint density at radius 1 is 1.40 bits per heavy atom. The number of hydrogen-bond donors (Lipinski definition) is 0. The fourth-order valence-electron chi connectivity index (χ4n) is 2.10. The normalized spacial score (nSPS) is 14.5. The third-order valence-electron chi connectivity index (χ3n) is 2.83. The Hall–Kier alpha value is -1.35. The molecule has 2 heterocycles. The zero-order chi connectivity index (χ0) is 10.4. The summed E-state index contributed by atoms with van der Waals surface area (Å²) >= 11 is 6.01. The standard InChI is InChI=1S/C11H9ClN2O/c12-8-4-2-6-14-10(8)13-9-5-1-3-7(9)11(14)15/h2,4,6H,1,3,5H2. The van der Waals surface area contributed by atoms with Gasteiger partial charge in [-0.1, -0.05) is 11.6 Å². The predicted molar refractivity (Wildman–Crippen MR) is 58.5 cm³/mol. The first-order chi connectivity index (χ1) is 7.27. The second-order valence-electron chi connectivity index (χ2n) is 3.75. The van der Waals surface area contributed by atoms with Gasteiger partial charge in [0, 0.05) is 11.8 Å². The molecule has 3 nitrogen and oxygen atoms in total. The van der Waals surface area contributed by atoms with Crippen LogP contribution in [0.25, 0.3) is 5.65 Å². The van der Waals surface area contributed by atoms with Crippen LogP contribution in [0.2, 0.25) is 5.02 Å². The second-order valence-corrected chi connectivity index (χ2v) is 4.15. The van der Waals surface area contributed by atoms with E-state index in [1.807, 2.05) is 0 Å². The lowest BCUT2D eigenvalue weighted by molar-refractivity contribution is 0.899. The Morgan fingerprint density at radius 3 is 3.13 bits per heavy atom. The van der Waals surface area contributed by atoms with Gasteiger partial charge < -0.3 is 0 Å². The van der Waals surface area contributed by atoms with Gasteiger partial charge in [0.05, 0.1) is 10.7 Å². The molecule has 0 fully saturated rings. The Morgan fingerprint density at radius 2 is 2.27 bits per heavy atom. The van der Waals surface area contributed by atoms with Crippen molar-refractivity contribution in [1.29, 1.82) is 0 Å². The van der Waals surface area contributed by atoms with Crippen molar-refractivity contribution in [2.24, 2.45) is 0 Å². The van der Waals surface area contributed by atoms with E-state index in [0.717, 1.165) is 30.5 Å². The zero-order valence-corrected chi connectivity index (χ0v) is 8.79. The first kappa shape index (κ1) is 8.92. The number of hydrogen-bond acceptors (Lipinski definition) is 2. The molecule has 0 unspecified atom stereocenters. The van der Waals surface area contributed by atoms with E-state index in [2.05, 4.69) is 4.98 Å². The summed E-state index contributed by atoms with van der Waals surface area (Å²) in [5.74, 6) is 0. The van der Waals surface area contributed by atoms with E-state index in [1.165, 1.54) is 4.40 Å². The summed E-state index contributed by atoms with van der Waals surface area (Å²) in [7, 11) is 0. The maximum atomic E-state index is 12.0. The van der Waals surface area contributed by atoms with Crippen LogP contribution in [0.1, 0.15) is 17.7 Å². The highest BCUT2D eigenvalue weighted by molar-refractivity contribution is 6.33. The van der Waals surface area contributed by atoms with Gasteiger partial charge in [-0.05, 0) is 31.4 Å². The molecule has 0 saturated heterocycles. The van der Waals surface area contributed by atoms with Gasteiger partial charge in [0.2, 0.25) is 0 Å². The topological polar surface area (TPSA) is 34.4 Å². The summed E-state index contributed by atoms with van der Waals surface area (Å²) in [6.45, 7) is 0. The van der Waals surface area contributed by atoms with Crippen LogP contribution in [0.5, 0.6) is 0 Å². The van der Waals surface area contributed by atoms with Crippen molar-refractivity contribution in [3.8, 4) is 0 Å². The highest BCUT2D eigenvalue weighted by atomic mass is 35.5. The minimum Gasteiger partial charge on any atom is -0.269 e. The molecule has 0 bridgehead atoms. The molecule has 0 atom stereocenters. The van der Waals surface area contributed by atoms with Crippen molar-refractivity contribution >= 4 is 17.2 Å². The zero-order valence-electron chi connectivity index (χ0n) is 8.03. The van der Waals surface area contributed by atoms with E-state index in [9.17, 15) is 4.79 Å². The van der Waals surface area contributed by atoms with Gasteiger partial charge in [0.1, 0.15) is 0 Å². The molecule has 1 aliphatic rings. The summed E-state index contributed by atoms with van der Waals surface area (Å²) < 4.78 is 1.53. The first-order valence-corrected chi connectivity index (χ1v) is 5.34. The van der Waals surface area contributed by atoms with Gasteiger partial charge in [-0.2, -0.15) is 0 Å². The van der Waals surface area contributed by atoms with E-state index >= 15 is 0 Å². The Labute approximate surface area is 91.3 Å². The molecule has 2 aromatic rings. The molecule has 0 aromatic carbocycles. The SMILES string of the molecule is O=c1c2c(nc3c(Cl)cccn13)CCC2. The molecule has 2 aromatic heterocycles. The number of aryl methyl sites for hydroxylation is 1. The highest BCUT2D eigenvalue weighted by Gasteiger charge is 2.18. The Balaban J connectivity index is 2.52. The van der Waals surface area contributed by atoms with Crippen molar-refractivity contribution in [1.82, 2.24) is 9.38 Å². The number of aromatic nitrogens is 2. The maximum Gasteiger partial charge on any atom is 0.261 e. The lowest BCUT2D eigenvalue weighted by atomic mass is 10.2. The van der Waals surface area contributed by atoms with Crippen LogP contribution in [-0.2, 0) is 12.8 Å². The van der Waals surface area contributed by atoms with Crippen molar-refractivity contribution in [2.45, 2.75) is 19.3 Å². The third-order valence-corrected chi connectivity index (χ3v) is 3.12. The molecule has 4 heteroatoms. The monoisotopic (exact) mass is 220 g/mol. The van der Waals surface area contributed by atoms with Crippen molar-refractivity contribution in [3.63, 3.8) is 0 Å². The van der Waals surface area contributed by atoms with E-state index in [0.29, 0.717) is 10.7 Å². The molecule has 0 saturated carbocycles. The van der Waals surface area contributed by atoms with Gasteiger partial charge in [-0.3, -0.25) is 9.20 Å². The van der Waals surface area contributed by atoms with Gasteiger partial charge >= 0.3 is 0 Å². The quantitative estimate of drug-likeness (QED) is 0.679. The molecule has 76 valence electrons. The Kier molecular flexibility index (Phi) is 1.83. The van der Waals surface area contributed by atoms with E-state index in [-0.39, 0.29) is 5.56 Å². The van der Waals surface area contributed by atoms with E-state index in [4.69, 9.17) is 11.6 Å². The fourth-order valence-corrected chi connectivity index (χ4v) is 2.31. The summed E-state index contributed by atoms with van der Waals surface area (Å²) in [5.41, 5.74) is 2.39.